The fraction of sp³-hybridized carbons (Fsp3) is 0.286. The largest absolute Gasteiger partial charge is 0.465 e. The Kier molecular flexibility index (Phi) is 5.59. The van der Waals surface area contributed by atoms with Crippen molar-refractivity contribution in [2.75, 3.05) is 13.2 Å². The van der Waals surface area contributed by atoms with Crippen molar-refractivity contribution < 1.29 is 13.9 Å². The van der Waals surface area contributed by atoms with Gasteiger partial charge in [0, 0.05) is 10.5 Å². The van der Waals surface area contributed by atoms with E-state index in [0.29, 0.717) is 39.7 Å². The molecule has 0 saturated carbocycles. The number of halogens is 2. The van der Waals surface area contributed by atoms with E-state index in [1.807, 2.05) is 24.3 Å². The first-order chi connectivity index (χ1) is 14.0. The van der Waals surface area contributed by atoms with Gasteiger partial charge in [-0.25, -0.2) is 4.98 Å². The third-order valence-electron chi connectivity index (χ3n) is 4.97. The molecule has 1 aliphatic carbocycles. The van der Waals surface area contributed by atoms with E-state index in [0.717, 1.165) is 28.4 Å². The first-order valence-electron chi connectivity index (χ1n) is 9.23. The summed E-state index contributed by atoms with van der Waals surface area (Å²) in [7, 11) is 0. The van der Waals surface area contributed by atoms with Gasteiger partial charge in [0.25, 0.3) is 0 Å². The number of fused-ring (bicyclic) bond motifs is 2. The second kappa shape index (κ2) is 8.15. The van der Waals surface area contributed by atoms with Crippen LogP contribution in [0, 0.1) is 11.3 Å². The zero-order valence-corrected chi connectivity index (χ0v) is 17.9. The Morgan fingerprint density at radius 1 is 1.52 bits per heavy atom. The lowest BCUT2D eigenvalue weighted by molar-refractivity contribution is -0.142. The number of nitrogens with zero attached hydrogens (tertiary/aromatic N) is 2. The number of hydrogen-bond acceptors (Lipinski definition) is 6. The third kappa shape index (κ3) is 3.64. The van der Waals surface area contributed by atoms with Gasteiger partial charge < -0.3 is 14.5 Å². The van der Waals surface area contributed by atoms with Crippen molar-refractivity contribution in [2.45, 2.75) is 25.8 Å². The van der Waals surface area contributed by atoms with Crippen LogP contribution in [0.4, 0.5) is 0 Å². The minimum Gasteiger partial charge on any atom is -0.465 e. The molecule has 6 nitrogen and oxygen atoms in total. The molecule has 1 atom stereocenters. The van der Waals surface area contributed by atoms with Crippen LogP contribution in [0.3, 0.4) is 0 Å². The number of aromatic nitrogens is 1. The van der Waals surface area contributed by atoms with Crippen LogP contribution in [-0.2, 0) is 16.0 Å². The number of esters is 1. The van der Waals surface area contributed by atoms with E-state index >= 15 is 0 Å². The Morgan fingerprint density at radius 3 is 3.10 bits per heavy atom. The molecular formula is C21H17BrClN3O3. The van der Waals surface area contributed by atoms with Crippen molar-refractivity contribution in [1.82, 2.24) is 10.3 Å². The predicted molar refractivity (Wildman–Crippen MR) is 113 cm³/mol. The molecule has 8 heteroatoms. The van der Waals surface area contributed by atoms with Crippen molar-refractivity contribution in [3.8, 4) is 17.5 Å². The normalized spacial score (nSPS) is 15.3. The van der Waals surface area contributed by atoms with Gasteiger partial charge in [-0.1, -0.05) is 17.7 Å². The molecule has 1 N–H and O–H groups in total. The molecule has 0 fully saturated rings. The summed E-state index contributed by atoms with van der Waals surface area (Å²) in [5, 5.41) is 13.5. The summed E-state index contributed by atoms with van der Waals surface area (Å²) in [6, 6.07) is 9.67. The molecule has 1 heterocycles. The summed E-state index contributed by atoms with van der Waals surface area (Å²) in [6.07, 6.45) is 1.52. The first-order valence-corrected chi connectivity index (χ1v) is 10.4. The maximum atomic E-state index is 11.7. The topological polar surface area (TPSA) is 88.2 Å². The van der Waals surface area contributed by atoms with Crippen molar-refractivity contribution in [3.63, 3.8) is 0 Å². The smallest absolute Gasteiger partial charge is 0.319 e. The van der Waals surface area contributed by atoms with Gasteiger partial charge in [-0.05, 0) is 65.0 Å². The number of ether oxygens (including phenoxy) is 1. The molecular weight excluding hydrogens is 458 g/mol. The highest BCUT2D eigenvalue weighted by Crippen LogP contribution is 2.40. The molecule has 0 aliphatic heterocycles. The number of oxazole rings is 1. The maximum absolute atomic E-state index is 11.7. The summed E-state index contributed by atoms with van der Waals surface area (Å²) in [5.74, 6) is 0.0676. The Morgan fingerprint density at radius 2 is 2.34 bits per heavy atom. The van der Waals surface area contributed by atoms with Gasteiger partial charge in [-0.2, -0.15) is 5.26 Å². The summed E-state index contributed by atoms with van der Waals surface area (Å²) in [5.41, 5.74) is 4.10. The summed E-state index contributed by atoms with van der Waals surface area (Å²) < 4.78 is 11.7. The van der Waals surface area contributed by atoms with E-state index in [4.69, 9.17) is 20.8 Å². The van der Waals surface area contributed by atoms with Gasteiger partial charge in [-0.15, -0.1) is 0 Å². The Bertz CT molecular complexity index is 1150. The second-order valence-electron chi connectivity index (χ2n) is 6.68. The number of nitrogens with one attached hydrogen (secondary N) is 1. The molecule has 3 aromatic rings. The van der Waals surface area contributed by atoms with Crippen LogP contribution in [0.5, 0.6) is 0 Å². The van der Waals surface area contributed by atoms with Crippen LogP contribution in [0.15, 0.2) is 33.2 Å². The van der Waals surface area contributed by atoms with Gasteiger partial charge in [-0.3, -0.25) is 4.79 Å². The van der Waals surface area contributed by atoms with Crippen LogP contribution in [0.2, 0.25) is 5.02 Å². The summed E-state index contributed by atoms with van der Waals surface area (Å²) in [6.45, 7) is 2.24. The predicted octanol–water partition coefficient (Wildman–Crippen LogP) is 4.92. The van der Waals surface area contributed by atoms with E-state index in [-0.39, 0.29) is 18.6 Å². The summed E-state index contributed by atoms with van der Waals surface area (Å²) >= 11 is 9.79. The lowest BCUT2D eigenvalue weighted by Gasteiger charge is -2.13. The highest BCUT2D eigenvalue weighted by Gasteiger charge is 2.29. The molecule has 0 unspecified atom stereocenters. The molecule has 2 aromatic carbocycles. The molecule has 0 radical (unpaired) electrons. The zero-order chi connectivity index (χ0) is 20.5. The molecule has 0 saturated heterocycles. The van der Waals surface area contributed by atoms with Gasteiger partial charge in [0.15, 0.2) is 5.58 Å². The number of hydrogen-bond donors (Lipinski definition) is 1. The number of rotatable bonds is 5. The minimum absolute atomic E-state index is 0.0412. The lowest BCUT2D eigenvalue weighted by atomic mass is 10.0. The molecule has 1 aliphatic rings. The Balaban J connectivity index is 1.74. The molecule has 0 amide bonds. The molecule has 29 heavy (non-hydrogen) atoms. The highest BCUT2D eigenvalue weighted by molar-refractivity contribution is 9.10. The lowest BCUT2D eigenvalue weighted by Crippen LogP contribution is -2.27. The van der Waals surface area contributed by atoms with Gasteiger partial charge in [0.2, 0.25) is 5.89 Å². The average Bonchev–Trinajstić information content (AvgIpc) is 3.30. The maximum Gasteiger partial charge on any atom is 0.319 e. The molecule has 0 bridgehead atoms. The van der Waals surface area contributed by atoms with Crippen LogP contribution in [0.25, 0.3) is 22.6 Å². The standard InChI is InChI=1S/C21H17BrClN3O3/c1-2-28-18(27)10-25-16-7-6-11-13(16)8-17-20(14(11)9-24)29-21(26-17)12-4-3-5-15(22)19(12)23/h3-5,8,16,25H,2,6-7,10H2,1H3/t16-/m0/s1. The van der Waals surface area contributed by atoms with Gasteiger partial charge >= 0.3 is 5.97 Å². The van der Waals surface area contributed by atoms with Gasteiger partial charge in [0.1, 0.15) is 17.1 Å². The highest BCUT2D eigenvalue weighted by atomic mass is 79.9. The van der Waals surface area contributed by atoms with Crippen molar-refractivity contribution in [2.24, 2.45) is 0 Å². The second-order valence-corrected chi connectivity index (χ2v) is 7.91. The zero-order valence-electron chi connectivity index (χ0n) is 15.6. The van der Waals surface area contributed by atoms with Crippen molar-refractivity contribution in [3.05, 3.63) is 50.5 Å². The molecule has 4 rings (SSSR count). The average molecular weight is 475 g/mol. The Labute approximate surface area is 180 Å². The van der Waals surface area contributed by atoms with Crippen LogP contribution in [-0.4, -0.2) is 24.1 Å². The quantitative estimate of drug-likeness (QED) is 0.528. The van der Waals surface area contributed by atoms with Gasteiger partial charge in [0.05, 0.1) is 23.7 Å². The first kappa shape index (κ1) is 19.9. The Hall–Kier alpha value is -2.40. The third-order valence-corrected chi connectivity index (χ3v) is 6.27. The summed E-state index contributed by atoms with van der Waals surface area (Å²) in [4.78, 5) is 16.3. The number of carbonyl (C=O) groups is 1. The molecule has 148 valence electrons. The fourth-order valence-electron chi connectivity index (χ4n) is 3.68. The number of nitriles is 1. The van der Waals surface area contributed by atoms with Crippen LogP contribution >= 0.6 is 27.5 Å². The minimum atomic E-state index is -0.296. The molecule has 1 aromatic heterocycles. The molecule has 0 spiro atoms. The monoisotopic (exact) mass is 473 g/mol. The number of benzene rings is 2. The van der Waals surface area contributed by atoms with E-state index in [2.05, 4.69) is 32.3 Å². The van der Waals surface area contributed by atoms with Crippen molar-refractivity contribution in [1.29, 1.82) is 5.26 Å². The van der Waals surface area contributed by atoms with E-state index in [1.54, 1.807) is 6.92 Å². The SMILES string of the molecule is CCOC(=O)CN[C@H]1CCc2c1cc1nc(-c3cccc(Br)c3Cl)oc1c2C#N. The van der Waals surface area contributed by atoms with E-state index in [9.17, 15) is 10.1 Å². The van der Waals surface area contributed by atoms with Crippen LogP contribution in [0.1, 0.15) is 36.1 Å². The van der Waals surface area contributed by atoms with E-state index in [1.165, 1.54) is 0 Å². The van der Waals surface area contributed by atoms with Crippen LogP contribution < -0.4 is 5.32 Å². The fourth-order valence-corrected chi connectivity index (χ4v) is 4.26. The number of carbonyl (C=O) groups excluding carboxylic acids is 1. The van der Waals surface area contributed by atoms with Crippen molar-refractivity contribution >= 4 is 44.6 Å². The van der Waals surface area contributed by atoms with E-state index < -0.39 is 0 Å².